The molecule has 0 unspecified atom stereocenters. The highest BCUT2D eigenvalue weighted by Gasteiger charge is 2.51. The van der Waals surface area contributed by atoms with Gasteiger partial charge in [0.2, 0.25) is 5.88 Å². The summed E-state index contributed by atoms with van der Waals surface area (Å²) in [6, 6.07) is 5.05. The number of ether oxygens (including phenoxy) is 1. The number of amides is 1. The Kier molecular flexibility index (Phi) is 5.91. The summed E-state index contributed by atoms with van der Waals surface area (Å²) in [4.78, 5) is 20.1. The fraction of sp³-hybridized carbons (Fsp3) is 0.391. The first kappa shape index (κ1) is 23.2. The van der Waals surface area contributed by atoms with Crippen LogP contribution in [0.5, 0.6) is 5.88 Å². The minimum absolute atomic E-state index is 0.00387. The average molecular weight is 491 g/mol. The molecule has 3 aromatic rings. The van der Waals surface area contributed by atoms with Crippen LogP contribution in [-0.2, 0) is 6.18 Å². The maximum absolute atomic E-state index is 15.0. The molecule has 35 heavy (non-hydrogen) atoms. The van der Waals surface area contributed by atoms with Crippen molar-refractivity contribution in [2.75, 3.05) is 6.61 Å². The van der Waals surface area contributed by atoms with Crippen LogP contribution in [0.1, 0.15) is 35.2 Å². The predicted molar refractivity (Wildman–Crippen MR) is 113 cm³/mol. The minimum Gasteiger partial charge on any atom is -0.472 e. The molecule has 3 fully saturated rings. The van der Waals surface area contributed by atoms with E-state index in [2.05, 4.69) is 15.2 Å². The number of aliphatic hydroxyl groups is 1. The lowest BCUT2D eigenvalue weighted by Gasteiger charge is -2.54. The van der Waals surface area contributed by atoms with E-state index in [1.54, 1.807) is 0 Å². The van der Waals surface area contributed by atoms with Gasteiger partial charge < -0.3 is 14.7 Å². The number of halogens is 4. The fourth-order valence-electron chi connectivity index (χ4n) is 5.08. The van der Waals surface area contributed by atoms with Crippen molar-refractivity contribution >= 4 is 5.91 Å². The van der Waals surface area contributed by atoms with E-state index in [-0.39, 0.29) is 29.7 Å². The molecule has 1 N–H and O–H groups in total. The number of piperidine rings is 2. The molecule has 0 radical (unpaired) electrons. The predicted octanol–water partition coefficient (Wildman–Crippen LogP) is 3.25. The highest BCUT2D eigenvalue weighted by Crippen LogP contribution is 2.42. The number of pyridine rings is 1. The van der Waals surface area contributed by atoms with E-state index in [0.29, 0.717) is 19.0 Å². The number of nitrogens with zero attached hydrogens (tertiary/aromatic N) is 5. The van der Waals surface area contributed by atoms with Crippen molar-refractivity contribution in [3.05, 3.63) is 65.9 Å². The SMILES string of the molecule is O=C(c1c(F)cccc1-n1nccn1)N1[C@H](CO)[C@@H]2CC[C@H]1[C@H](Oc1ccc(C(F)(F)F)cn1)C2. The van der Waals surface area contributed by atoms with Crippen LogP contribution in [-0.4, -0.2) is 60.7 Å². The third kappa shape index (κ3) is 4.22. The van der Waals surface area contributed by atoms with E-state index in [1.165, 1.54) is 29.4 Å². The maximum Gasteiger partial charge on any atom is 0.417 e. The summed E-state index contributed by atoms with van der Waals surface area (Å²) < 4.78 is 59.5. The smallest absolute Gasteiger partial charge is 0.417 e. The van der Waals surface area contributed by atoms with Gasteiger partial charge in [0.25, 0.3) is 5.91 Å². The Morgan fingerprint density at radius 2 is 1.91 bits per heavy atom. The van der Waals surface area contributed by atoms with E-state index in [4.69, 9.17) is 4.74 Å². The quantitative estimate of drug-likeness (QED) is 0.551. The highest BCUT2D eigenvalue weighted by atomic mass is 19.4. The molecule has 184 valence electrons. The van der Waals surface area contributed by atoms with Gasteiger partial charge in [0.1, 0.15) is 23.2 Å². The number of carbonyl (C=O) groups is 1. The normalized spacial score (nSPS) is 24.0. The first-order valence-electron chi connectivity index (χ1n) is 11.1. The molecule has 12 heteroatoms. The molecular formula is C23H21F4N5O3. The molecule has 2 aromatic heterocycles. The monoisotopic (exact) mass is 491 g/mol. The zero-order valence-electron chi connectivity index (χ0n) is 18.3. The molecule has 6 rings (SSSR count). The van der Waals surface area contributed by atoms with Gasteiger partial charge in [-0.1, -0.05) is 6.07 Å². The Morgan fingerprint density at radius 3 is 2.57 bits per heavy atom. The number of carbonyl (C=O) groups excluding carboxylic acids is 1. The second-order valence-corrected chi connectivity index (χ2v) is 8.59. The van der Waals surface area contributed by atoms with Crippen LogP contribution in [0.2, 0.25) is 0 Å². The van der Waals surface area contributed by atoms with Crippen molar-refractivity contribution in [3.8, 4) is 11.6 Å². The largest absolute Gasteiger partial charge is 0.472 e. The van der Waals surface area contributed by atoms with Gasteiger partial charge in [-0.15, -0.1) is 0 Å². The molecule has 2 aliphatic heterocycles. The summed E-state index contributed by atoms with van der Waals surface area (Å²) in [6.45, 7) is -0.317. The Hall–Kier alpha value is -3.54. The van der Waals surface area contributed by atoms with E-state index < -0.39 is 41.7 Å². The maximum atomic E-state index is 15.0. The number of aromatic nitrogens is 4. The zero-order valence-corrected chi connectivity index (χ0v) is 18.3. The number of hydrogen-bond acceptors (Lipinski definition) is 6. The van der Waals surface area contributed by atoms with Gasteiger partial charge in [-0.3, -0.25) is 4.79 Å². The molecule has 2 bridgehead atoms. The third-order valence-electron chi connectivity index (χ3n) is 6.65. The Bertz CT molecular complexity index is 1200. The summed E-state index contributed by atoms with van der Waals surface area (Å²) in [6.07, 6.45) is 0.133. The number of benzene rings is 1. The summed E-state index contributed by atoms with van der Waals surface area (Å²) in [5.41, 5.74) is -0.979. The summed E-state index contributed by atoms with van der Waals surface area (Å²) in [5, 5.41) is 18.1. The number of alkyl halides is 3. The number of hydrogen-bond donors (Lipinski definition) is 1. The molecular weight excluding hydrogens is 470 g/mol. The van der Waals surface area contributed by atoms with Crippen molar-refractivity contribution in [2.24, 2.45) is 5.92 Å². The lowest BCUT2D eigenvalue weighted by Crippen LogP contribution is -2.65. The second-order valence-electron chi connectivity index (χ2n) is 8.59. The molecule has 4 atom stereocenters. The van der Waals surface area contributed by atoms with E-state index in [9.17, 15) is 27.5 Å². The summed E-state index contributed by atoms with van der Waals surface area (Å²) >= 11 is 0. The van der Waals surface area contributed by atoms with Gasteiger partial charge in [-0.25, -0.2) is 9.37 Å². The van der Waals surface area contributed by atoms with Crippen LogP contribution >= 0.6 is 0 Å². The zero-order chi connectivity index (χ0) is 24.7. The highest BCUT2D eigenvalue weighted by molar-refractivity contribution is 5.98. The van der Waals surface area contributed by atoms with Crippen molar-refractivity contribution in [2.45, 2.75) is 43.6 Å². The van der Waals surface area contributed by atoms with Gasteiger partial charge in [0, 0.05) is 12.3 Å². The van der Waals surface area contributed by atoms with Crippen LogP contribution in [0.4, 0.5) is 17.6 Å². The number of rotatable bonds is 5. The molecule has 8 nitrogen and oxygen atoms in total. The molecule has 1 aliphatic carbocycles. The number of fused-ring (bicyclic) bond motifs is 3. The van der Waals surface area contributed by atoms with Gasteiger partial charge in [0.15, 0.2) is 0 Å². The van der Waals surface area contributed by atoms with Gasteiger partial charge in [0.05, 0.1) is 36.6 Å². The Morgan fingerprint density at radius 1 is 1.14 bits per heavy atom. The first-order valence-corrected chi connectivity index (χ1v) is 11.1. The number of aliphatic hydroxyl groups excluding tert-OH is 1. The molecule has 1 amide bonds. The third-order valence-corrected chi connectivity index (χ3v) is 6.65. The molecule has 1 aromatic carbocycles. The summed E-state index contributed by atoms with van der Waals surface area (Å²) in [5.74, 6) is -1.54. The summed E-state index contributed by atoms with van der Waals surface area (Å²) in [7, 11) is 0. The van der Waals surface area contributed by atoms with Crippen LogP contribution in [0.15, 0.2) is 48.9 Å². The molecule has 2 saturated heterocycles. The van der Waals surface area contributed by atoms with Crippen LogP contribution in [0.3, 0.4) is 0 Å². The van der Waals surface area contributed by atoms with Crippen molar-refractivity contribution in [3.63, 3.8) is 0 Å². The fourth-order valence-corrected chi connectivity index (χ4v) is 5.08. The van der Waals surface area contributed by atoms with Crippen LogP contribution in [0, 0.1) is 11.7 Å². The molecule has 1 saturated carbocycles. The van der Waals surface area contributed by atoms with Crippen LogP contribution in [0.25, 0.3) is 5.69 Å². The molecule has 0 spiro atoms. The Balaban J connectivity index is 1.46. The standard InChI is InChI=1S/C23H21F4N5O3/c24-15-2-1-3-17(32-29-8-9-30-32)21(15)22(34)31-16-6-4-13(18(31)12-33)10-19(16)35-20-7-5-14(11-28-20)23(25,26)27/h1-3,5,7-9,11,13,16,18-19,33H,4,6,10,12H2/t13-,16+,18-,19-/m1/s1. The van der Waals surface area contributed by atoms with E-state index >= 15 is 0 Å². The lowest BCUT2D eigenvalue weighted by molar-refractivity contribution is -0.137. The molecule has 3 aliphatic rings. The van der Waals surface area contributed by atoms with Gasteiger partial charge >= 0.3 is 6.18 Å². The molecule has 4 heterocycles. The van der Waals surface area contributed by atoms with Gasteiger partial charge in [-0.05, 0) is 43.4 Å². The van der Waals surface area contributed by atoms with Crippen molar-refractivity contribution < 1.29 is 32.2 Å². The Labute approximate surface area is 197 Å². The second kappa shape index (κ2) is 8.91. The lowest BCUT2D eigenvalue weighted by atomic mass is 9.72. The van der Waals surface area contributed by atoms with Crippen LogP contribution < -0.4 is 4.74 Å². The van der Waals surface area contributed by atoms with E-state index in [0.717, 1.165) is 29.4 Å². The van der Waals surface area contributed by atoms with E-state index in [1.807, 2.05) is 0 Å². The van der Waals surface area contributed by atoms with Crippen molar-refractivity contribution in [1.29, 1.82) is 0 Å². The minimum atomic E-state index is -4.52. The first-order chi connectivity index (χ1) is 16.8. The average Bonchev–Trinajstić information content (AvgIpc) is 3.38. The van der Waals surface area contributed by atoms with Gasteiger partial charge in [-0.2, -0.15) is 28.2 Å². The van der Waals surface area contributed by atoms with Crippen molar-refractivity contribution in [1.82, 2.24) is 24.9 Å². The topological polar surface area (TPSA) is 93.4 Å².